The van der Waals surface area contributed by atoms with Gasteiger partial charge in [0.2, 0.25) is 0 Å². The Hall–Kier alpha value is -1.31. The molecule has 0 spiro atoms. The minimum atomic E-state index is -0.191. The van der Waals surface area contributed by atoms with Crippen molar-refractivity contribution in [3.05, 3.63) is 30.1 Å². The lowest BCUT2D eigenvalue weighted by molar-refractivity contribution is 0.162. The van der Waals surface area contributed by atoms with Gasteiger partial charge < -0.3 is 20.3 Å². The number of nitrogens with zero attached hydrogens (tertiary/aromatic N) is 2. The second-order valence-corrected chi connectivity index (χ2v) is 6.55. The van der Waals surface area contributed by atoms with Crippen LogP contribution in [0.3, 0.4) is 0 Å². The summed E-state index contributed by atoms with van der Waals surface area (Å²) in [7, 11) is 5.56. The Bertz CT molecular complexity index is 470. The topological polar surface area (TPSA) is 48.9 Å². The van der Waals surface area contributed by atoms with Crippen LogP contribution in [-0.2, 0) is 4.74 Å². The van der Waals surface area contributed by atoms with Gasteiger partial charge in [0.1, 0.15) is 5.82 Å². The van der Waals surface area contributed by atoms with Gasteiger partial charge in [-0.2, -0.15) is 0 Å². The number of nitrogens with one attached hydrogen (secondary N) is 2. The van der Waals surface area contributed by atoms with Crippen molar-refractivity contribution in [2.24, 2.45) is 4.99 Å². The third-order valence-electron chi connectivity index (χ3n) is 3.38. The van der Waals surface area contributed by atoms with Crippen LogP contribution in [0.2, 0.25) is 0 Å². The van der Waals surface area contributed by atoms with Gasteiger partial charge in [-0.1, -0.05) is 0 Å². The summed E-state index contributed by atoms with van der Waals surface area (Å²) in [5.74, 6) is 1.61. The van der Waals surface area contributed by atoms with Gasteiger partial charge in [-0.05, 0) is 43.5 Å². The van der Waals surface area contributed by atoms with Crippen LogP contribution in [0.25, 0.3) is 0 Å². The van der Waals surface area contributed by atoms with E-state index in [4.69, 9.17) is 4.74 Å². The van der Waals surface area contributed by atoms with E-state index in [0.717, 1.165) is 55.8 Å². The molecular formula is C17H29FN4OS. The number of ether oxygens (including phenoxy) is 1. The Kier molecular flexibility index (Phi) is 11.3. The fraction of sp³-hybridized carbons (Fsp3) is 0.588. The van der Waals surface area contributed by atoms with Gasteiger partial charge in [0.25, 0.3) is 0 Å². The van der Waals surface area contributed by atoms with Crippen molar-refractivity contribution in [3.63, 3.8) is 0 Å². The minimum Gasteiger partial charge on any atom is -0.383 e. The van der Waals surface area contributed by atoms with Crippen molar-refractivity contribution in [2.75, 3.05) is 59.7 Å². The van der Waals surface area contributed by atoms with Crippen LogP contribution in [0, 0.1) is 5.82 Å². The first-order valence-electron chi connectivity index (χ1n) is 8.16. The maximum Gasteiger partial charge on any atom is 0.191 e. The molecule has 0 unspecified atom stereocenters. The van der Waals surface area contributed by atoms with E-state index in [9.17, 15) is 4.39 Å². The zero-order chi connectivity index (χ0) is 17.6. The molecule has 0 heterocycles. The number of benzene rings is 1. The summed E-state index contributed by atoms with van der Waals surface area (Å²) >= 11 is 1.73. The number of methoxy groups -OCH3 is 1. The highest BCUT2D eigenvalue weighted by molar-refractivity contribution is 7.99. The van der Waals surface area contributed by atoms with Crippen molar-refractivity contribution < 1.29 is 9.13 Å². The minimum absolute atomic E-state index is 0.191. The molecule has 0 saturated carbocycles. The standard InChI is InChI=1S/C17H29FN4OS/c1-19-17(21-10-11-22(2)12-13-23-3)20-9-4-14-24-16-7-5-15(18)6-8-16/h5-8H,4,9-14H2,1-3H3,(H2,19,20,21). The second-order valence-electron chi connectivity index (χ2n) is 5.38. The molecule has 0 aliphatic heterocycles. The molecule has 1 rings (SSSR count). The third kappa shape index (κ3) is 9.75. The number of halogens is 1. The Morgan fingerprint density at radius 3 is 2.58 bits per heavy atom. The van der Waals surface area contributed by atoms with Gasteiger partial charge in [-0.15, -0.1) is 11.8 Å². The summed E-state index contributed by atoms with van der Waals surface area (Å²) in [6, 6.07) is 6.62. The molecule has 0 bridgehead atoms. The van der Waals surface area contributed by atoms with Gasteiger partial charge in [0.05, 0.1) is 6.61 Å². The van der Waals surface area contributed by atoms with E-state index in [0.29, 0.717) is 0 Å². The normalized spacial score (nSPS) is 11.8. The summed E-state index contributed by atoms with van der Waals surface area (Å²) in [6.07, 6.45) is 1.01. The highest BCUT2D eigenvalue weighted by Crippen LogP contribution is 2.18. The molecule has 0 saturated heterocycles. The Morgan fingerprint density at radius 1 is 1.21 bits per heavy atom. The molecule has 0 amide bonds. The zero-order valence-corrected chi connectivity index (χ0v) is 15.7. The van der Waals surface area contributed by atoms with E-state index >= 15 is 0 Å². The van der Waals surface area contributed by atoms with Crippen molar-refractivity contribution in [3.8, 4) is 0 Å². The molecule has 5 nitrogen and oxygen atoms in total. The zero-order valence-electron chi connectivity index (χ0n) is 14.8. The summed E-state index contributed by atoms with van der Waals surface area (Å²) in [6.45, 7) is 4.29. The summed E-state index contributed by atoms with van der Waals surface area (Å²) in [5, 5.41) is 6.60. The number of thioether (sulfide) groups is 1. The second kappa shape index (κ2) is 13.0. The molecule has 0 aromatic heterocycles. The molecule has 0 aliphatic carbocycles. The predicted octanol–water partition coefficient (Wildman–Crippen LogP) is 2.05. The number of hydrogen-bond donors (Lipinski definition) is 2. The average Bonchev–Trinajstić information content (AvgIpc) is 2.59. The van der Waals surface area contributed by atoms with Crippen molar-refractivity contribution in [2.45, 2.75) is 11.3 Å². The molecule has 24 heavy (non-hydrogen) atoms. The van der Waals surface area contributed by atoms with Crippen molar-refractivity contribution >= 4 is 17.7 Å². The predicted molar refractivity (Wildman–Crippen MR) is 100 cm³/mol. The fourth-order valence-corrected chi connectivity index (χ4v) is 2.80. The van der Waals surface area contributed by atoms with E-state index in [2.05, 4.69) is 27.6 Å². The molecule has 136 valence electrons. The van der Waals surface area contributed by atoms with Gasteiger partial charge >= 0.3 is 0 Å². The van der Waals surface area contributed by atoms with E-state index < -0.39 is 0 Å². The number of rotatable bonds is 11. The molecule has 0 fully saturated rings. The fourth-order valence-electron chi connectivity index (χ4n) is 1.94. The first-order chi connectivity index (χ1) is 11.7. The van der Waals surface area contributed by atoms with Crippen LogP contribution >= 0.6 is 11.8 Å². The smallest absolute Gasteiger partial charge is 0.191 e. The van der Waals surface area contributed by atoms with Crippen LogP contribution in [0.1, 0.15) is 6.42 Å². The van der Waals surface area contributed by atoms with Gasteiger partial charge in [-0.3, -0.25) is 4.99 Å². The Morgan fingerprint density at radius 2 is 1.92 bits per heavy atom. The highest BCUT2D eigenvalue weighted by atomic mass is 32.2. The van der Waals surface area contributed by atoms with Crippen LogP contribution in [-0.4, -0.2) is 70.6 Å². The average molecular weight is 357 g/mol. The van der Waals surface area contributed by atoms with Crippen LogP contribution in [0.5, 0.6) is 0 Å². The lowest BCUT2D eigenvalue weighted by Gasteiger charge is -2.17. The van der Waals surface area contributed by atoms with E-state index in [1.54, 1.807) is 25.9 Å². The molecule has 1 aromatic rings. The number of aliphatic imine (C=N–C) groups is 1. The largest absolute Gasteiger partial charge is 0.383 e. The van der Waals surface area contributed by atoms with Crippen LogP contribution < -0.4 is 10.6 Å². The van der Waals surface area contributed by atoms with Crippen LogP contribution in [0.4, 0.5) is 4.39 Å². The summed E-state index contributed by atoms with van der Waals surface area (Å²) in [4.78, 5) is 7.52. The first kappa shape index (κ1) is 20.7. The highest BCUT2D eigenvalue weighted by Gasteiger charge is 2.00. The van der Waals surface area contributed by atoms with E-state index in [-0.39, 0.29) is 5.82 Å². The first-order valence-corrected chi connectivity index (χ1v) is 9.14. The quantitative estimate of drug-likeness (QED) is 0.275. The van der Waals surface area contributed by atoms with E-state index in [1.165, 1.54) is 12.1 Å². The number of guanidine groups is 1. The Labute approximate surface area is 149 Å². The molecule has 0 radical (unpaired) electrons. The molecule has 2 N–H and O–H groups in total. The molecular weight excluding hydrogens is 327 g/mol. The molecule has 0 aliphatic rings. The van der Waals surface area contributed by atoms with Crippen molar-refractivity contribution in [1.82, 2.24) is 15.5 Å². The summed E-state index contributed by atoms with van der Waals surface area (Å²) < 4.78 is 17.9. The van der Waals surface area contributed by atoms with Gasteiger partial charge in [0.15, 0.2) is 5.96 Å². The summed E-state index contributed by atoms with van der Waals surface area (Å²) in [5.41, 5.74) is 0. The SMILES string of the molecule is CN=C(NCCCSc1ccc(F)cc1)NCCN(C)CCOC. The lowest BCUT2D eigenvalue weighted by atomic mass is 10.4. The number of likely N-dealkylation sites (N-methyl/N-ethyl adjacent to an activating group) is 1. The molecule has 7 heteroatoms. The Balaban J connectivity index is 2.08. The maximum absolute atomic E-state index is 12.8. The number of hydrogen-bond acceptors (Lipinski definition) is 4. The monoisotopic (exact) mass is 356 g/mol. The molecule has 0 atom stereocenters. The lowest BCUT2D eigenvalue weighted by Crippen LogP contribution is -2.41. The van der Waals surface area contributed by atoms with Gasteiger partial charge in [-0.25, -0.2) is 4.39 Å². The van der Waals surface area contributed by atoms with Crippen molar-refractivity contribution in [1.29, 1.82) is 0 Å². The third-order valence-corrected chi connectivity index (χ3v) is 4.48. The maximum atomic E-state index is 12.8. The molecule has 1 aromatic carbocycles. The van der Waals surface area contributed by atoms with Crippen LogP contribution in [0.15, 0.2) is 34.2 Å². The van der Waals surface area contributed by atoms with E-state index in [1.807, 2.05) is 12.1 Å². The van der Waals surface area contributed by atoms with Gasteiger partial charge in [0, 0.05) is 45.2 Å².